The van der Waals surface area contributed by atoms with Crippen molar-refractivity contribution < 1.29 is 4.42 Å². The molecule has 0 saturated heterocycles. The van der Waals surface area contributed by atoms with Gasteiger partial charge in [-0.1, -0.05) is 146 Å². The lowest BCUT2D eigenvalue weighted by atomic mass is 10.00. The molecular weight excluding hydrogens is 681 g/mol. The van der Waals surface area contributed by atoms with Crippen molar-refractivity contribution in [3.8, 4) is 56.5 Å². The van der Waals surface area contributed by atoms with E-state index in [1.165, 1.54) is 25.6 Å². The molecule has 0 saturated carbocycles. The van der Waals surface area contributed by atoms with Crippen molar-refractivity contribution in [2.24, 2.45) is 0 Å². The molecule has 4 aromatic heterocycles. The van der Waals surface area contributed by atoms with Gasteiger partial charge in [0.1, 0.15) is 11.2 Å². The van der Waals surface area contributed by atoms with Gasteiger partial charge in [-0.05, 0) is 29.8 Å². The summed E-state index contributed by atoms with van der Waals surface area (Å²) in [5.41, 5.74) is 9.52. The van der Waals surface area contributed by atoms with Crippen LogP contribution < -0.4 is 0 Å². The zero-order chi connectivity index (χ0) is 35.6. The van der Waals surface area contributed by atoms with Gasteiger partial charge in [-0.25, -0.2) is 19.9 Å². The van der Waals surface area contributed by atoms with Gasteiger partial charge >= 0.3 is 0 Å². The van der Waals surface area contributed by atoms with Crippen molar-refractivity contribution in [1.82, 2.24) is 19.9 Å². The van der Waals surface area contributed by atoms with Gasteiger partial charge in [-0.15, -0.1) is 11.3 Å². The molecule has 0 radical (unpaired) electrons. The molecule has 54 heavy (non-hydrogen) atoms. The van der Waals surface area contributed by atoms with Crippen LogP contribution in [0.3, 0.4) is 0 Å². The summed E-state index contributed by atoms with van der Waals surface area (Å²) >= 11 is 1.83. The molecule has 7 aromatic carbocycles. The number of furan rings is 1. The van der Waals surface area contributed by atoms with E-state index >= 15 is 0 Å². The largest absolute Gasteiger partial charge is 0.455 e. The van der Waals surface area contributed by atoms with E-state index in [2.05, 4.69) is 121 Å². The van der Waals surface area contributed by atoms with Crippen molar-refractivity contribution in [2.45, 2.75) is 0 Å². The maximum atomic E-state index is 6.40. The quantitative estimate of drug-likeness (QED) is 0.178. The van der Waals surface area contributed by atoms with Crippen LogP contribution in [0.15, 0.2) is 174 Å². The third kappa shape index (κ3) is 4.99. The standard InChI is InChI=1S/C48H28N4OS/c1-2-12-30(13-3-1)46-50-47(52-48(51-46)33-15-10-14-32(28-33)34-19-11-20-36-35-16-5-8-22-40(35)53-44(34)36)31-26-24-29(25-27-31)43-42-38-18-6-9-23-41(38)54-45(42)37-17-4-7-21-39(37)49-43/h1-28H. The van der Waals surface area contributed by atoms with E-state index in [4.69, 9.17) is 24.4 Å². The number of hydrogen-bond donors (Lipinski definition) is 0. The number of para-hydroxylation sites is 3. The second kappa shape index (κ2) is 12.3. The first-order chi connectivity index (χ1) is 26.7. The maximum Gasteiger partial charge on any atom is 0.164 e. The van der Waals surface area contributed by atoms with Crippen LogP contribution in [0.25, 0.3) is 110 Å². The number of thiophene rings is 1. The van der Waals surface area contributed by atoms with Crippen LogP contribution in [0.5, 0.6) is 0 Å². The number of fused-ring (bicyclic) bond motifs is 8. The number of nitrogens with zero attached hydrogens (tertiary/aromatic N) is 4. The normalized spacial score (nSPS) is 11.7. The van der Waals surface area contributed by atoms with Crippen LogP contribution >= 0.6 is 11.3 Å². The fourth-order valence-corrected chi connectivity index (χ4v) is 8.78. The van der Waals surface area contributed by atoms with E-state index in [0.717, 1.165) is 66.5 Å². The molecule has 0 fully saturated rings. The Hall–Kier alpha value is -7.02. The summed E-state index contributed by atoms with van der Waals surface area (Å²) in [6.45, 7) is 0. The highest BCUT2D eigenvalue weighted by atomic mass is 32.1. The molecule has 6 heteroatoms. The van der Waals surface area contributed by atoms with Crippen molar-refractivity contribution >= 4 is 64.4 Å². The van der Waals surface area contributed by atoms with Gasteiger partial charge in [0, 0.05) is 64.1 Å². The summed E-state index contributed by atoms with van der Waals surface area (Å²) in [4.78, 5) is 20.4. The first-order valence-electron chi connectivity index (χ1n) is 17.9. The molecule has 11 rings (SSSR count). The average Bonchev–Trinajstić information content (AvgIpc) is 3.83. The number of pyridine rings is 1. The third-order valence-electron chi connectivity index (χ3n) is 10.1. The Kier molecular flexibility index (Phi) is 6.97. The second-order valence-corrected chi connectivity index (χ2v) is 14.4. The summed E-state index contributed by atoms with van der Waals surface area (Å²) in [6.07, 6.45) is 0. The Morgan fingerprint density at radius 1 is 0.407 bits per heavy atom. The molecule has 0 N–H and O–H groups in total. The number of aromatic nitrogens is 4. The highest BCUT2D eigenvalue weighted by molar-refractivity contribution is 7.26. The highest BCUT2D eigenvalue weighted by Crippen LogP contribution is 2.43. The van der Waals surface area contributed by atoms with E-state index in [1.807, 2.05) is 59.9 Å². The number of rotatable bonds is 5. The molecule has 0 bridgehead atoms. The van der Waals surface area contributed by atoms with Gasteiger partial charge in [0.2, 0.25) is 0 Å². The second-order valence-electron chi connectivity index (χ2n) is 13.4. The monoisotopic (exact) mass is 708 g/mol. The lowest BCUT2D eigenvalue weighted by Gasteiger charge is -2.11. The van der Waals surface area contributed by atoms with E-state index in [1.54, 1.807) is 0 Å². The molecule has 252 valence electrons. The number of hydrogen-bond acceptors (Lipinski definition) is 6. The minimum absolute atomic E-state index is 0.601. The summed E-state index contributed by atoms with van der Waals surface area (Å²) < 4.78 is 8.91. The summed E-state index contributed by atoms with van der Waals surface area (Å²) in [5.74, 6) is 1.82. The van der Waals surface area contributed by atoms with E-state index < -0.39 is 0 Å². The zero-order valence-electron chi connectivity index (χ0n) is 28.8. The molecule has 4 heterocycles. The molecule has 0 aliphatic carbocycles. The van der Waals surface area contributed by atoms with Crippen molar-refractivity contribution in [3.05, 3.63) is 170 Å². The first kappa shape index (κ1) is 30.6. The third-order valence-corrected chi connectivity index (χ3v) is 11.3. The predicted octanol–water partition coefficient (Wildman–Crippen LogP) is 13.0. The predicted molar refractivity (Wildman–Crippen MR) is 222 cm³/mol. The van der Waals surface area contributed by atoms with Gasteiger partial charge in [0.25, 0.3) is 0 Å². The summed E-state index contributed by atoms with van der Waals surface area (Å²) in [5, 5.41) is 5.80. The van der Waals surface area contributed by atoms with Crippen LogP contribution in [0.2, 0.25) is 0 Å². The Balaban J connectivity index is 1.04. The molecule has 0 aliphatic heterocycles. The van der Waals surface area contributed by atoms with Crippen LogP contribution in [0.4, 0.5) is 0 Å². The highest BCUT2D eigenvalue weighted by Gasteiger charge is 2.18. The Bertz CT molecular complexity index is 3220. The smallest absolute Gasteiger partial charge is 0.164 e. The summed E-state index contributed by atoms with van der Waals surface area (Å²) in [7, 11) is 0. The topological polar surface area (TPSA) is 64.7 Å². The summed E-state index contributed by atoms with van der Waals surface area (Å²) in [6, 6.07) is 58.4. The lowest BCUT2D eigenvalue weighted by molar-refractivity contribution is 0.670. The molecule has 0 aliphatic rings. The fraction of sp³-hybridized carbons (Fsp3) is 0. The van der Waals surface area contributed by atoms with Crippen LogP contribution in [0, 0.1) is 0 Å². The van der Waals surface area contributed by atoms with E-state index in [0.29, 0.717) is 17.5 Å². The van der Waals surface area contributed by atoms with Crippen molar-refractivity contribution in [2.75, 3.05) is 0 Å². The Morgan fingerprint density at radius 2 is 1.00 bits per heavy atom. The van der Waals surface area contributed by atoms with Crippen molar-refractivity contribution in [1.29, 1.82) is 0 Å². The molecule has 0 unspecified atom stereocenters. The Morgan fingerprint density at radius 3 is 1.83 bits per heavy atom. The van der Waals surface area contributed by atoms with E-state index in [9.17, 15) is 0 Å². The molecule has 5 nitrogen and oxygen atoms in total. The fourth-order valence-electron chi connectivity index (χ4n) is 7.55. The lowest BCUT2D eigenvalue weighted by Crippen LogP contribution is -2.00. The minimum atomic E-state index is 0.601. The van der Waals surface area contributed by atoms with Gasteiger partial charge in [0.15, 0.2) is 17.5 Å². The van der Waals surface area contributed by atoms with Gasteiger partial charge in [-0.2, -0.15) is 0 Å². The average molecular weight is 709 g/mol. The van der Waals surface area contributed by atoms with Gasteiger partial charge in [0.05, 0.1) is 11.2 Å². The number of benzene rings is 7. The van der Waals surface area contributed by atoms with Gasteiger partial charge < -0.3 is 4.42 Å². The maximum absolute atomic E-state index is 6.40. The molecule has 0 atom stereocenters. The first-order valence-corrected chi connectivity index (χ1v) is 18.7. The molecule has 0 spiro atoms. The van der Waals surface area contributed by atoms with E-state index in [-0.39, 0.29) is 0 Å². The van der Waals surface area contributed by atoms with Crippen LogP contribution in [-0.4, -0.2) is 19.9 Å². The van der Waals surface area contributed by atoms with Crippen LogP contribution in [-0.2, 0) is 0 Å². The molecule has 11 aromatic rings. The van der Waals surface area contributed by atoms with Crippen molar-refractivity contribution in [3.63, 3.8) is 0 Å². The van der Waals surface area contributed by atoms with Gasteiger partial charge in [-0.3, -0.25) is 0 Å². The molecular formula is C48H28N4OS. The zero-order valence-corrected chi connectivity index (χ0v) is 29.6. The SMILES string of the molecule is c1ccc(-c2nc(-c3ccc(-c4nc5ccccc5c5sc6ccccc6c45)cc3)nc(-c3cccc(-c4cccc5c4oc4ccccc45)c3)n2)cc1. The van der Waals surface area contributed by atoms with Crippen LogP contribution in [0.1, 0.15) is 0 Å². The molecule has 0 amide bonds. The minimum Gasteiger partial charge on any atom is -0.455 e. The Labute approximate surface area is 313 Å².